The number of aliphatic hydroxyl groups is 1. The quantitative estimate of drug-likeness (QED) is 0.140. The summed E-state index contributed by atoms with van der Waals surface area (Å²) in [4.78, 5) is 0. The number of hydrogen-bond acceptors (Lipinski definition) is 11. The van der Waals surface area contributed by atoms with Gasteiger partial charge in [0.15, 0.2) is 0 Å². The Balaban J connectivity index is 2.99. The average molecular weight is 487 g/mol. The summed E-state index contributed by atoms with van der Waals surface area (Å²) in [5.41, 5.74) is 0. The lowest BCUT2D eigenvalue weighted by Crippen LogP contribution is -2.15. The minimum absolute atomic E-state index is 0.0301. The van der Waals surface area contributed by atoms with E-state index in [0.29, 0.717) is 132 Å². The van der Waals surface area contributed by atoms with Crippen LogP contribution in [-0.4, -0.2) is 144 Å². The smallest absolute Gasteiger partial charge is 0.0701 e. The van der Waals surface area contributed by atoms with Crippen LogP contribution in [-0.2, 0) is 47.4 Å². The molecular weight excluding hydrogens is 440 g/mol. The van der Waals surface area contributed by atoms with Crippen molar-refractivity contribution >= 4 is 0 Å². The third-order valence-electron chi connectivity index (χ3n) is 3.79. The first kappa shape index (κ1) is 32.6. The molecule has 0 aromatic heterocycles. The van der Waals surface area contributed by atoms with Crippen molar-refractivity contribution in [3.05, 3.63) is 0 Å². The van der Waals surface area contributed by atoms with Gasteiger partial charge in [0.25, 0.3) is 0 Å². The predicted octanol–water partition coefficient (Wildman–Crippen LogP) is 0.165. The molecule has 0 fully saturated rings. The zero-order chi connectivity index (χ0) is 23.9. The molecule has 0 amide bonds. The van der Waals surface area contributed by atoms with Crippen LogP contribution in [0.2, 0.25) is 0 Å². The van der Waals surface area contributed by atoms with Gasteiger partial charge in [-0.2, -0.15) is 0 Å². The molecular formula is C22H46O11. The standard InChI is InChI=1S/C22H46O11/c1-2-24-5-6-26-9-10-28-13-14-30-17-18-32-21-22-33-20-19-31-16-15-29-12-11-27-8-7-25-4-3-23/h23H,2-22H2,1H3. The van der Waals surface area contributed by atoms with Crippen LogP contribution in [0.25, 0.3) is 0 Å². The summed E-state index contributed by atoms with van der Waals surface area (Å²) in [6, 6.07) is 0. The van der Waals surface area contributed by atoms with Gasteiger partial charge >= 0.3 is 0 Å². The zero-order valence-electron chi connectivity index (χ0n) is 20.4. The molecule has 0 aromatic rings. The molecule has 0 aliphatic carbocycles. The van der Waals surface area contributed by atoms with Gasteiger partial charge in [0, 0.05) is 6.61 Å². The number of hydrogen-bond donors (Lipinski definition) is 1. The molecule has 33 heavy (non-hydrogen) atoms. The highest BCUT2D eigenvalue weighted by molar-refractivity contribution is 4.38. The summed E-state index contributed by atoms with van der Waals surface area (Å²) in [6.45, 7) is 12.6. The molecule has 0 heterocycles. The molecule has 0 unspecified atom stereocenters. The normalized spacial score (nSPS) is 11.5. The summed E-state index contributed by atoms with van der Waals surface area (Å²) in [5, 5.41) is 8.54. The van der Waals surface area contributed by atoms with Crippen molar-refractivity contribution in [1.82, 2.24) is 0 Å². The van der Waals surface area contributed by atoms with Crippen molar-refractivity contribution in [2.24, 2.45) is 0 Å². The highest BCUT2D eigenvalue weighted by Crippen LogP contribution is 1.86. The molecule has 11 heteroatoms. The Morgan fingerprint density at radius 2 is 0.485 bits per heavy atom. The largest absolute Gasteiger partial charge is 0.394 e. The Kier molecular flexibility index (Phi) is 31.1. The van der Waals surface area contributed by atoms with E-state index in [0.717, 1.165) is 0 Å². The van der Waals surface area contributed by atoms with E-state index in [1.54, 1.807) is 0 Å². The van der Waals surface area contributed by atoms with Gasteiger partial charge in [-0.1, -0.05) is 0 Å². The third kappa shape index (κ3) is 31.6. The Bertz CT molecular complexity index is 307. The van der Waals surface area contributed by atoms with Gasteiger partial charge in [-0.05, 0) is 6.92 Å². The van der Waals surface area contributed by atoms with Crippen LogP contribution in [0.5, 0.6) is 0 Å². The van der Waals surface area contributed by atoms with Crippen LogP contribution < -0.4 is 0 Å². The molecule has 1 N–H and O–H groups in total. The van der Waals surface area contributed by atoms with Crippen molar-refractivity contribution in [3.63, 3.8) is 0 Å². The summed E-state index contributed by atoms with van der Waals surface area (Å²) in [7, 11) is 0. The maximum atomic E-state index is 8.54. The van der Waals surface area contributed by atoms with E-state index in [1.165, 1.54) is 0 Å². The number of rotatable bonds is 30. The molecule has 0 bridgehead atoms. The predicted molar refractivity (Wildman–Crippen MR) is 121 cm³/mol. The molecule has 0 aliphatic heterocycles. The van der Waals surface area contributed by atoms with Crippen molar-refractivity contribution < 1.29 is 52.5 Å². The second kappa shape index (κ2) is 31.6. The molecule has 0 spiro atoms. The first-order valence-corrected chi connectivity index (χ1v) is 11.8. The molecule has 200 valence electrons. The van der Waals surface area contributed by atoms with E-state index in [1.807, 2.05) is 6.92 Å². The van der Waals surface area contributed by atoms with Gasteiger partial charge in [0.1, 0.15) is 0 Å². The second-order valence-electron chi connectivity index (χ2n) is 6.43. The third-order valence-corrected chi connectivity index (χ3v) is 3.79. The van der Waals surface area contributed by atoms with Crippen LogP contribution in [0.15, 0.2) is 0 Å². The highest BCUT2D eigenvalue weighted by atomic mass is 16.6. The molecule has 0 aromatic carbocycles. The highest BCUT2D eigenvalue weighted by Gasteiger charge is 1.95. The van der Waals surface area contributed by atoms with Gasteiger partial charge in [0.05, 0.1) is 132 Å². The van der Waals surface area contributed by atoms with Crippen LogP contribution in [0.1, 0.15) is 6.92 Å². The van der Waals surface area contributed by atoms with E-state index >= 15 is 0 Å². The van der Waals surface area contributed by atoms with Crippen LogP contribution in [0.4, 0.5) is 0 Å². The summed E-state index contributed by atoms with van der Waals surface area (Å²) < 4.78 is 53.4. The van der Waals surface area contributed by atoms with Crippen LogP contribution in [0.3, 0.4) is 0 Å². The van der Waals surface area contributed by atoms with E-state index in [4.69, 9.17) is 52.5 Å². The van der Waals surface area contributed by atoms with Crippen LogP contribution in [0, 0.1) is 0 Å². The Morgan fingerprint density at radius 1 is 0.303 bits per heavy atom. The maximum Gasteiger partial charge on any atom is 0.0701 e. The van der Waals surface area contributed by atoms with E-state index < -0.39 is 0 Å². The second-order valence-corrected chi connectivity index (χ2v) is 6.43. The topological polar surface area (TPSA) is 113 Å². The maximum absolute atomic E-state index is 8.54. The molecule has 0 radical (unpaired) electrons. The summed E-state index contributed by atoms with van der Waals surface area (Å²) in [5.74, 6) is 0. The number of ether oxygens (including phenoxy) is 10. The zero-order valence-corrected chi connectivity index (χ0v) is 20.4. The van der Waals surface area contributed by atoms with E-state index in [-0.39, 0.29) is 6.61 Å². The van der Waals surface area contributed by atoms with Gasteiger partial charge in [0.2, 0.25) is 0 Å². The molecule has 0 saturated carbocycles. The van der Waals surface area contributed by atoms with E-state index in [2.05, 4.69) is 0 Å². The Labute approximate surface area is 198 Å². The lowest BCUT2D eigenvalue weighted by atomic mass is 10.6. The fourth-order valence-corrected chi connectivity index (χ4v) is 2.19. The fraction of sp³-hybridized carbons (Fsp3) is 1.00. The lowest BCUT2D eigenvalue weighted by Gasteiger charge is -2.09. The lowest BCUT2D eigenvalue weighted by molar-refractivity contribution is -0.0266. The fourth-order valence-electron chi connectivity index (χ4n) is 2.19. The van der Waals surface area contributed by atoms with Crippen molar-refractivity contribution in [2.45, 2.75) is 6.92 Å². The minimum atomic E-state index is 0.0301. The van der Waals surface area contributed by atoms with Gasteiger partial charge in [-0.3, -0.25) is 0 Å². The molecule has 11 nitrogen and oxygen atoms in total. The SMILES string of the molecule is CCOCCOCCOCCOCCOCCOCCOCCOCCOCCOCCO. The van der Waals surface area contributed by atoms with Gasteiger partial charge in [-0.25, -0.2) is 0 Å². The molecule has 0 rings (SSSR count). The van der Waals surface area contributed by atoms with Crippen molar-refractivity contribution in [1.29, 1.82) is 0 Å². The average Bonchev–Trinajstić information content (AvgIpc) is 2.83. The summed E-state index contributed by atoms with van der Waals surface area (Å²) in [6.07, 6.45) is 0. The molecule has 0 atom stereocenters. The molecule has 0 aliphatic rings. The monoisotopic (exact) mass is 486 g/mol. The van der Waals surface area contributed by atoms with E-state index in [9.17, 15) is 0 Å². The summed E-state index contributed by atoms with van der Waals surface area (Å²) >= 11 is 0. The minimum Gasteiger partial charge on any atom is -0.394 e. The van der Waals surface area contributed by atoms with Crippen LogP contribution >= 0.6 is 0 Å². The van der Waals surface area contributed by atoms with Gasteiger partial charge in [-0.15, -0.1) is 0 Å². The Hall–Kier alpha value is -0.440. The van der Waals surface area contributed by atoms with Crippen molar-refractivity contribution in [2.75, 3.05) is 139 Å². The first-order valence-electron chi connectivity index (χ1n) is 11.8. The van der Waals surface area contributed by atoms with Gasteiger partial charge < -0.3 is 52.5 Å². The Morgan fingerprint density at radius 3 is 0.667 bits per heavy atom. The molecule has 0 saturated heterocycles. The number of aliphatic hydroxyl groups excluding tert-OH is 1. The first-order chi connectivity index (χ1) is 16.4. The van der Waals surface area contributed by atoms with Crippen molar-refractivity contribution in [3.8, 4) is 0 Å².